The summed E-state index contributed by atoms with van der Waals surface area (Å²) in [7, 11) is -3.73. The molecule has 0 saturated heterocycles. The fraction of sp³-hybridized carbons (Fsp3) is 0.200. The van der Waals surface area contributed by atoms with Gasteiger partial charge in [0.15, 0.2) is 0 Å². The van der Waals surface area contributed by atoms with Crippen LogP contribution < -0.4 is 10.5 Å². The lowest BCUT2D eigenvalue weighted by Crippen LogP contribution is -2.25. The number of hydrogen-bond acceptors (Lipinski definition) is 3. The fourth-order valence-corrected chi connectivity index (χ4v) is 2.20. The molecule has 1 rings (SSSR count). The molecule has 0 fully saturated rings. The molecule has 0 amide bonds. The molecule has 1 aromatic carbocycles. The van der Waals surface area contributed by atoms with Crippen molar-refractivity contribution in [3.8, 4) is 0 Å². The third kappa shape index (κ3) is 3.32. The number of nitrogen functional groups attached to an aromatic ring is 1. The van der Waals surface area contributed by atoms with Crippen LogP contribution in [0.15, 0.2) is 35.2 Å². The molecule has 0 radical (unpaired) electrons. The van der Waals surface area contributed by atoms with Gasteiger partial charge in [0.1, 0.15) is 5.82 Å². The van der Waals surface area contributed by atoms with Crippen LogP contribution in [0.1, 0.15) is 6.92 Å². The van der Waals surface area contributed by atoms with Gasteiger partial charge in [0, 0.05) is 12.2 Å². The van der Waals surface area contributed by atoms with E-state index in [4.69, 9.17) is 5.73 Å². The second kappa shape index (κ2) is 4.63. The maximum Gasteiger partial charge on any atom is 0.241 e. The first kappa shape index (κ1) is 12.7. The van der Waals surface area contributed by atoms with E-state index >= 15 is 0 Å². The van der Waals surface area contributed by atoms with Crippen LogP contribution in [0.4, 0.5) is 10.1 Å². The van der Waals surface area contributed by atoms with E-state index in [1.165, 1.54) is 6.07 Å². The van der Waals surface area contributed by atoms with Crippen molar-refractivity contribution in [1.29, 1.82) is 0 Å². The Bertz CT molecular complexity index is 491. The summed E-state index contributed by atoms with van der Waals surface area (Å²) in [6.07, 6.45) is 0. The Morgan fingerprint density at radius 1 is 1.50 bits per heavy atom. The van der Waals surface area contributed by atoms with Crippen LogP contribution in [0.3, 0.4) is 0 Å². The van der Waals surface area contributed by atoms with Crippen molar-refractivity contribution in [2.75, 3.05) is 12.3 Å². The van der Waals surface area contributed by atoms with Crippen LogP contribution in [-0.4, -0.2) is 15.0 Å². The van der Waals surface area contributed by atoms with Crippen molar-refractivity contribution in [1.82, 2.24) is 4.72 Å². The Kier molecular flexibility index (Phi) is 3.66. The predicted molar refractivity (Wildman–Crippen MR) is 60.8 cm³/mol. The number of hydrogen-bond donors (Lipinski definition) is 2. The minimum absolute atomic E-state index is 0.0655. The zero-order valence-corrected chi connectivity index (χ0v) is 9.64. The van der Waals surface area contributed by atoms with E-state index in [-0.39, 0.29) is 17.1 Å². The average Bonchev–Trinajstić information content (AvgIpc) is 2.13. The maximum absolute atomic E-state index is 13.0. The van der Waals surface area contributed by atoms with E-state index in [1.807, 2.05) is 0 Å². The van der Waals surface area contributed by atoms with Crippen LogP contribution >= 0.6 is 0 Å². The van der Waals surface area contributed by atoms with Crippen molar-refractivity contribution in [2.45, 2.75) is 11.8 Å². The van der Waals surface area contributed by atoms with Crippen LogP contribution in [-0.2, 0) is 10.0 Å². The molecular formula is C10H13FN2O2S. The van der Waals surface area contributed by atoms with E-state index in [2.05, 4.69) is 11.3 Å². The van der Waals surface area contributed by atoms with Gasteiger partial charge < -0.3 is 5.73 Å². The van der Waals surface area contributed by atoms with Crippen molar-refractivity contribution >= 4 is 15.7 Å². The lowest BCUT2D eigenvalue weighted by atomic mass is 10.3. The largest absolute Gasteiger partial charge is 0.399 e. The quantitative estimate of drug-likeness (QED) is 0.618. The third-order valence-corrected chi connectivity index (χ3v) is 3.15. The second-order valence-corrected chi connectivity index (χ2v) is 5.27. The molecular weight excluding hydrogens is 231 g/mol. The Hall–Kier alpha value is -1.40. The molecule has 88 valence electrons. The molecule has 0 saturated carbocycles. The summed E-state index contributed by atoms with van der Waals surface area (Å²) >= 11 is 0. The molecule has 3 N–H and O–H groups in total. The number of sulfonamides is 1. The fourth-order valence-electron chi connectivity index (χ4n) is 1.04. The van der Waals surface area contributed by atoms with Gasteiger partial charge in [0.25, 0.3) is 0 Å². The molecule has 1 aromatic rings. The van der Waals surface area contributed by atoms with Crippen LogP contribution in [0, 0.1) is 5.82 Å². The summed E-state index contributed by atoms with van der Waals surface area (Å²) in [6.45, 7) is 5.35. The summed E-state index contributed by atoms with van der Waals surface area (Å²) in [6, 6.07) is 3.17. The van der Waals surface area contributed by atoms with Crippen molar-refractivity contribution < 1.29 is 12.8 Å². The van der Waals surface area contributed by atoms with Gasteiger partial charge in [-0.25, -0.2) is 17.5 Å². The van der Waals surface area contributed by atoms with Crippen LogP contribution in [0.2, 0.25) is 0 Å². The van der Waals surface area contributed by atoms with Crippen molar-refractivity contribution in [3.05, 3.63) is 36.2 Å². The number of benzene rings is 1. The zero-order valence-electron chi connectivity index (χ0n) is 8.83. The molecule has 0 atom stereocenters. The standard InChI is InChI=1S/C10H13FN2O2S/c1-7(2)6-13-16(14,15)10-4-8(11)3-9(12)5-10/h3-5,13H,1,6,12H2,2H3. The van der Waals surface area contributed by atoms with Crippen LogP contribution in [0.5, 0.6) is 0 Å². The molecule has 4 nitrogen and oxygen atoms in total. The van der Waals surface area contributed by atoms with Crippen molar-refractivity contribution in [2.24, 2.45) is 0 Å². The number of rotatable bonds is 4. The summed E-state index contributed by atoms with van der Waals surface area (Å²) in [5.41, 5.74) is 6.09. The Labute approximate surface area is 94.0 Å². The van der Waals surface area contributed by atoms with Gasteiger partial charge >= 0.3 is 0 Å². The highest BCUT2D eigenvalue weighted by molar-refractivity contribution is 7.89. The monoisotopic (exact) mass is 244 g/mol. The van der Waals surface area contributed by atoms with E-state index in [1.54, 1.807) is 6.92 Å². The maximum atomic E-state index is 13.0. The Balaban J connectivity index is 3.02. The smallest absolute Gasteiger partial charge is 0.241 e. The SMILES string of the molecule is C=C(C)CNS(=O)(=O)c1cc(N)cc(F)c1. The zero-order chi connectivity index (χ0) is 12.3. The molecule has 0 spiro atoms. The predicted octanol–water partition coefficient (Wildman–Crippen LogP) is 1.26. The first-order valence-electron chi connectivity index (χ1n) is 4.51. The van der Waals surface area contributed by atoms with Gasteiger partial charge in [-0.2, -0.15) is 0 Å². The molecule has 0 aliphatic carbocycles. The van der Waals surface area contributed by atoms with Gasteiger partial charge in [0.2, 0.25) is 10.0 Å². The average molecular weight is 244 g/mol. The van der Waals surface area contributed by atoms with Crippen LogP contribution in [0.25, 0.3) is 0 Å². The van der Waals surface area contributed by atoms with Crippen molar-refractivity contribution in [3.63, 3.8) is 0 Å². The molecule has 0 aliphatic rings. The Morgan fingerprint density at radius 3 is 2.62 bits per heavy atom. The number of nitrogens with one attached hydrogen (secondary N) is 1. The highest BCUT2D eigenvalue weighted by atomic mass is 32.2. The third-order valence-electron chi connectivity index (χ3n) is 1.77. The first-order chi connectivity index (χ1) is 7.31. The summed E-state index contributed by atoms with van der Waals surface area (Å²) in [4.78, 5) is -0.189. The normalized spacial score (nSPS) is 11.4. The Morgan fingerprint density at radius 2 is 2.12 bits per heavy atom. The number of nitrogens with two attached hydrogens (primary N) is 1. The highest BCUT2D eigenvalue weighted by Gasteiger charge is 2.14. The van der Waals surface area contributed by atoms with Gasteiger partial charge in [0.05, 0.1) is 4.90 Å². The summed E-state index contributed by atoms with van der Waals surface area (Å²) in [5, 5.41) is 0. The van der Waals surface area contributed by atoms with Gasteiger partial charge in [-0.05, 0) is 25.1 Å². The summed E-state index contributed by atoms with van der Waals surface area (Å²) in [5.74, 6) is -0.685. The topological polar surface area (TPSA) is 72.2 Å². The molecule has 6 heteroatoms. The minimum atomic E-state index is -3.73. The lowest BCUT2D eigenvalue weighted by Gasteiger charge is -2.07. The molecule has 0 aliphatic heterocycles. The van der Waals surface area contributed by atoms with Gasteiger partial charge in [-0.1, -0.05) is 12.2 Å². The second-order valence-electron chi connectivity index (χ2n) is 3.50. The minimum Gasteiger partial charge on any atom is -0.399 e. The van der Waals surface area contributed by atoms with E-state index in [0.29, 0.717) is 5.57 Å². The molecule has 0 bridgehead atoms. The number of anilines is 1. The van der Waals surface area contributed by atoms with E-state index < -0.39 is 15.8 Å². The molecule has 0 unspecified atom stereocenters. The molecule has 16 heavy (non-hydrogen) atoms. The lowest BCUT2D eigenvalue weighted by molar-refractivity contribution is 0.580. The summed E-state index contributed by atoms with van der Waals surface area (Å²) < 4.78 is 38.6. The van der Waals surface area contributed by atoms with E-state index in [9.17, 15) is 12.8 Å². The highest BCUT2D eigenvalue weighted by Crippen LogP contribution is 2.15. The van der Waals surface area contributed by atoms with Gasteiger partial charge in [-0.15, -0.1) is 0 Å². The molecule has 0 heterocycles. The van der Waals surface area contributed by atoms with E-state index in [0.717, 1.165) is 12.1 Å². The number of halogens is 1. The van der Waals surface area contributed by atoms with Gasteiger partial charge in [-0.3, -0.25) is 0 Å². The molecule has 0 aromatic heterocycles. The first-order valence-corrected chi connectivity index (χ1v) is 6.00.